The zero-order valence-electron chi connectivity index (χ0n) is 18.2. The minimum absolute atomic E-state index is 0.0739. The van der Waals surface area contributed by atoms with Crippen LogP contribution in [-0.2, 0) is 16.0 Å². The summed E-state index contributed by atoms with van der Waals surface area (Å²) in [6.07, 6.45) is -0.548. The highest BCUT2D eigenvalue weighted by molar-refractivity contribution is 7.99. The molecule has 2 amide bonds. The lowest BCUT2D eigenvalue weighted by atomic mass is 10.00. The van der Waals surface area contributed by atoms with E-state index in [9.17, 15) is 19.5 Å². The molecule has 9 heteroatoms. The largest absolute Gasteiger partial charge is 0.480 e. The highest BCUT2D eigenvalue weighted by Crippen LogP contribution is 2.13. The molecule has 3 atom stereocenters. The highest BCUT2D eigenvalue weighted by atomic mass is 32.2. The van der Waals surface area contributed by atoms with Gasteiger partial charge in [0.25, 0.3) is 5.91 Å². The number of amides is 2. The molecule has 2 aromatic rings. The van der Waals surface area contributed by atoms with Crippen molar-refractivity contribution in [1.29, 1.82) is 0 Å². The van der Waals surface area contributed by atoms with E-state index in [1.54, 1.807) is 36.0 Å². The number of rotatable bonds is 10. The zero-order valence-corrected chi connectivity index (χ0v) is 19.0. The second-order valence-electron chi connectivity index (χ2n) is 7.89. The Morgan fingerprint density at radius 2 is 1.76 bits per heavy atom. The van der Waals surface area contributed by atoms with Crippen molar-refractivity contribution in [2.75, 3.05) is 31.1 Å². The number of hydrogen-bond donors (Lipinski definition) is 4. The number of carboxylic acids is 1. The van der Waals surface area contributed by atoms with E-state index in [4.69, 9.17) is 5.11 Å². The Bertz CT molecular complexity index is 928. The molecule has 0 bridgehead atoms. The van der Waals surface area contributed by atoms with Crippen molar-refractivity contribution in [1.82, 2.24) is 15.5 Å². The summed E-state index contributed by atoms with van der Waals surface area (Å²) < 4.78 is 0. The molecule has 0 aromatic heterocycles. The van der Waals surface area contributed by atoms with Gasteiger partial charge in [-0.15, -0.1) is 0 Å². The predicted octanol–water partition coefficient (Wildman–Crippen LogP) is 1.01. The third-order valence-electron chi connectivity index (χ3n) is 5.41. The van der Waals surface area contributed by atoms with Crippen molar-refractivity contribution in [3.05, 3.63) is 71.8 Å². The standard InChI is InChI=1S/C24H29N3O5S/c28-21(14-25-20-16-33-12-11-27(24(20)32)15-22(29)30)19(13-17-7-3-1-4-8-17)26-23(31)18-9-5-2-6-10-18/h1-10,19-21,25,28H,11-16H2,(H,26,31)(H,29,30). The van der Waals surface area contributed by atoms with E-state index >= 15 is 0 Å². The first-order valence-corrected chi connectivity index (χ1v) is 12.0. The number of aliphatic hydroxyl groups is 1. The first-order valence-electron chi connectivity index (χ1n) is 10.8. The molecule has 0 aliphatic carbocycles. The van der Waals surface area contributed by atoms with Gasteiger partial charge in [0.15, 0.2) is 0 Å². The summed E-state index contributed by atoms with van der Waals surface area (Å²) in [5, 5.41) is 26.0. The summed E-state index contributed by atoms with van der Waals surface area (Å²) in [5.74, 6) is -0.488. The zero-order chi connectivity index (χ0) is 23.6. The van der Waals surface area contributed by atoms with E-state index < -0.39 is 24.2 Å². The maximum absolute atomic E-state index is 12.8. The van der Waals surface area contributed by atoms with Gasteiger partial charge < -0.3 is 25.7 Å². The number of benzene rings is 2. The van der Waals surface area contributed by atoms with Crippen LogP contribution in [-0.4, -0.2) is 82.2 Å². The summed E-state index contributed by atoms with van der Waals surface area (Å²) in [4.78, 5) is 37.9. The van der Waals surface area contributed by atoms with Gasteiger partial charge in [0, 0.05) is 30.2 Å². The molecule has 3 rings (SSSR count). The third kappa shape index (κ3) is 7.59. The van der Waals surface area contributed by atoms with E-state index in [1.165, 1.54) is 4.90 Å². The fourth-order valence-corrected chi connectivity index (χ4v) is 4.65. The fourth-order valence-electron chi connectivity index (χ4n) is 3.64. The number of aliphatic hydroxyl groups excluding tert-OH is 1. The molecule has 0 radical (unpaired) electrons. The number of thioether (sulfide) groups is 1. The van der Waals surface area contributed by atoms with E-state index in [0.29, 0.717) is 30.0 Å². The highest BCUT2D eigenvalue weighted by Gasteiger charge is 2.30. The summed E-state index contributed by atoms with van der Waals surface area (Å²) in [7, 11) is 0. The molecule has 33 heavy (non-hydrogen) atoms. The van der Waals surface area contributed by atoms with Gasteiger partial charge in [0.2, 0.25) is 5.91 Å². The maximum atomic E-state index is 12.8. The molecule has 2 aromatic carbocycles. The number of nitrogens with zero attached hydrogens (tertiary/aromatic N) is 1. The summed E-state index contributed by atoms with van der Waals surface area (Å²) in [5.41, 5.74) is 1.46. The quantitative estimate of drug-likeness (QED) is 0.408. The predicted molar refractivity (Wildman–Crippen MR) is 127 cm³/mol. The average molecular weight is 472 g/mol. The molecule has 8 nitrogen and oxygen atoms in total. The Kier molecular flexibility index (Phi) is 9.29. The first-order chi connectivity index (χ1) is 15.9. The molecule has 1 saturated heterocycles. The Balaban J connectivity index is 1.67. The number of aliphatic carboxylic acids is 1. The normalized spacial score (nSPS) is 18.3. The summed E-state index contributed by atoms with van der Waals surface area (Å²) in [6, 6.07) is 17.1. The molecule has 1 aliphatic rings. The summed E-state index contributed by atoms with van der Waals surface area (Å²) in [6.45, 7) is 0.106. The van der Waals surface area contributed by atoms with Crippen LogP contribution in [0.5, 0.6) is 0 Å². The molecular formula is C24H29N3O5S. The lowest BCUT2D eigenvalue weighted by Gasteiger charge is -2.27. The smallest absolute Gasteiger partial charge is 0.323 e. The van der Waals surface area contributed by atoms with Gasteiger partial charge >= 0.3 is 5.97 Å². The van der Waals surface area contributed by atoms with Gasteiger partial charge in [-0.3, -0.25) is 14.4 Å². The van der Waals surface area contributed by atoms with Crippen LogP contribution in [0.15, 0.2) is 60.7 Å². The molecule has 3 unspecified atom stereocenters. The SMILES string of the molecule is O=C(O)CN1CCSCC(NCC(O)C(Cc2ccccc2)NC(=O)c2ccccc2)C1=O. The van der Waals surface area contributed by atoms with E-state index in [0.717, 1.165) is 5.56 Å². The van der Waals surface area contributed by atoms with Crippen LogP contribution in [0.25, 0.3) is 0 Å². The van der Waals surface area contributed by atoms with Crippen LogP contribution in [0, 0.1) is 0 Å². The van der Waals surface area contributed by atoms with Gasteiger partial charge in [-0.05, 0) is 24.1 Å². The Morgan fingerprint density at radius 1 is 1.09 bits per heavy atom. The topological polar surface area (TPSA) is 119 Å². The number of carbonyl (C=O) groups excluding carboxylic acids is 2. The third-order valence-corrected chi connectivity index (χ3v) is 6.45. The van der Waals surface area contributed by atoms with Crippen molar-refractivity contribution >= 4 is 29.5 Å². The molecular weight excluding hydrogens is 442 g/mol. The Morgan fingerprint density at radius 3 is 2.42 bits per heavy atom. The number of hydrogen-bond acceptors (Lipinski definition) is 6. The second-order valence-corrected chi connectivity index (χ2v) is 9.04. The van der Waals surface area contributed by atoms with Crippen LogP contribution < -0.4 is 10.6 Å². The van der Waals surface area contributed by atoms with Crippen molar-refractivity contribution in [2.24, 2.45) is 0 Å². The monoisotopic (exact) mass is 471 g/mol. The van der Waals surface area contributed by atoms with Gasteiger partial charge in [-0.25, -0.2) is 0 Å². The van der Waals surface area contributed by atoms with E-state index in [2.05, 4.69) is 10.6 Å². The van der Waals surface area contributed by atoms with Gasteiger partial charge in [0.1, 0.15) is 6.54 Å². The molecule has 1 heterocycles. The molecule has 4 N–H and O–H groups in total. The first kappa shape index (κ1) is 24.8. The molecule has 1 fully saturated rings. The van der Waals surface area contributed by atoms with Crippen LogP contribution in [0.4, 0.5) is 0 Å². The Hall–Kier alpha value is -2.88. The lowest BCUT2D eigenvalue weighted by Crippen LogP contribution is -2.54. The fraction of sp³-hybridized carbons (Fsp3) is 0.375. The molecule has 1 aliphatic heterocycles. The van der Waals surface area contributed by atoms with Crippen LogP contribution in [0.3, 0.4) is 0 Å². The van der Waals surface area contributed by atoms with Crippen molar-refractivity contribution in [3.63, 3.8) is 0 Å². The van der Waals surface area contributed by atoms with Crippen molar-refractivity contribution in [3.8, 4) is 0 Å². The average Bonchev–Trinajstić information content (AvgIpc) is 2.99. The minimum Gasteiger partial charge on any atom is -0.480 e. The van der Waals surface area contributed by atoms with Gasteiger partial charge in [-0.2, -0.15) is 11.8 Å². The number of carbonyl (C=O) groups is 3. The van der Waals surface area contributed by atoms with Crippen LogP contribution in [0.2, 0.25) is 0 Å². The van der Waals surface area contributed by atoms with Crippen molar-refractivity contribution in [2.45, 2.75) is 24.6 Å². The van der Waals surface area contributed by atoms with E-state index in [1.807, 2.05) is 36.4 Å². The Labute approximate surface area is 197 Å². The number of nitrogens with one attached hydrogen (secondary N) is 2. The van der Waals surface area contributed by atoms with E-state index in [-0.39, 0.29) is 24.9 Å². The molecule has 0 spiro atoms. The minimum atomic E-state index is -1.06. The van der Waals surface area contributed by atoms with Gasteiger partial charge in [-0.1, -0.05) is 48.5 Å². The van der Waals surface area contributed by atoms with Gasteiger partial charge in [0.05, 0.1) is 18.2 Å². The molecule has 0 saturated carbocycles. The second kappa shape index (κ2) is 12.4. The summed E-state index contributed by atoms with van der Waals surface area (Å²) >= 11 is 1.56. The number of carboxylic acid groups (broad SMARTS) is 1. The van der Waals surface area contributed by atoms with Crippen LogP contribution in [0.1, 0.15) is 15.9 Å². The maximum Gasteiger partial charge on any atom is 0.323 e. The van der Waals surface area contributed by atoms with Crippen molar-refractivity contribution < 1.29 is 24.6 Å². The molecule has 176 valence electrons. The lowest BCUT2D eigenvalue weighted by molar-refractivity contribution is -0.144. The van der Waals surface area contributed by atoms with Crippen LogP contribution >= 0.6 is 11.8 Å².